The van der Waals surface area contributed by atoms with Gasteiger partial charge in [0, 0.05) is 25.1 Å². The Balaban J connectivity index is 1.87. The number of carbonyl (C=O) groups is 2. The van der Waals surface area contributed by atoms with Crippen molar-refractivity contribution in [2.45, 2.75) is 39.0 Å². The highest BCUT2D eigenvalue weighted by atomic mass is 19.1. The maximum absolute atomic E-state index is 14.1. The molecule has 1 amide bonds. The van der Waals surface area contributed by atoms with E-state index in [4.69, 9.17) is 4.74 Å². The molecule has 2 fully saturated rings. The first-order chi connectivity index (χ1) is 11.9. The van der Waals surface area contributed by atoms with Gasteiger partial charge in [-0.3, -0.25) is 9.59 Å². The van der Waals surface area contributed by atoms with Crippen LogP contribution >= 0.6 is 0 Å². The van der Waals surface area contributed by atoms with E-state index < -0.39 is 23.0 Å². The predicted octanol–water partition coefficient (Wildman–Crippen LogP) is 3.09. The molecular formula is C19H23F2NO3. The van der Waals surface area contributed by atoms with E-state index in [0.29, 0.717) is 19.4 Å². The number of amides is 1. The van der Waals surface area contributed by atoms with Crippen LogP contribution in [0.4, 0.5) is 8.78 Å². The van der Waals surface area contributed by atoms with Crippen molar-refractivity contribution in [3.8, 4) is 0 Å². The van der Waals surface area contributed by atoms with E-state index in [1.165, 1.54) is 12.1 Å². The molecule has 3 rings (SSSR count). The Morgan fingerprint density at radius 3 is 2.72 bits per heavy atom. The average molecular weight is 351 g/mol. The number of esters is 1. The minimum atomic E-state index is -0.975. The smallest absolute Gasteiger partial charge is 0.314 e. The SMILES string of the molecule is CCOC(=O)C1(Cc2ccc(F)cc2F)CCCN(C(=O)C2CC2)C1. The van der Waals surface area contributed by atoms with Gasteiger partial charge in [-0.15, -0.1) is 0 Å². The summed E-state index contributed by atoms with van der Waals surface area (Å²) >= 11 is 0. The zero-order valence-corrected chi connectivity index (χ0v) is 14.4. The molecule has 136 valence electrons. The summed E-state index contributed by atoms with van der Waals surface area (Å²) in [6, 6.07) is 3.38. The maximum Gasteiger partial charge on any atom is 0.314 e. The Labute approximate surface area is 146 Å². The number of hydrogen-bond donors (Lipinski definition) is 0. The molecule has 6 heteroatoms. The Kier molecular flexibility index (Phi) is 5.06. The predicted molar refractivity (Wildman–Crippen MR) is 87.7 cm³/mol. The topological polar surface area (TPSA) is 46.6 Å². The van der Waals surface area contributed by atoms with Gasteiger partial charge >= 0.3 is 5.97 Å². The quantitative estimate of drug-likeness (QED) is 0.766. The lowest BCUT2D eigenvalue weighted by atomic mass is 9.74. The van der Waals surface area contributed by atoms with E-state index in [1.54, 1.807) is 11.8 Å². The summed E-state index contributed by atoms with van der Waals surface area (Å²) in [5, 5.41) is 0. The summed E-state index contributed by atoms with van der Waals surface area (Å²) < 4.78 is 32.6. The molecule has 4 nitrogen and oxygen atoms in total. The van der Waals surface area contributed by atoms with Gasteiger partial charge < -0.3 is 9.64 Å². The molecule has 1 unspecified atom stereocenters. The van der Waals surface area contributed by atoms with Crippen molar-refractivity contribution >= 4 is 11.9 Å². The first-order valence-electron chi connectivity index (χ1n) is 8.85. The normalized spacial score (nSPS) is 23.4. The first-order valence-corrected chi connectivity index (χ1v) is 8.85. The first kappa shape index (κ1) is 17.8. The number of piperidine rings is 1. The fraction of sp³-hybridized carbons (Fsp3) is 0.579. The molecule has 1 atom stereocenters. The number of rotatable bonds is 5. The number of benzene rings is 1. The van der Waals surface area contributed by atoms with E-state index in [0.717, 1.165) is 18.9 Å². The summed E-state index contributed by atoms with van der Waals surface area (Å²) in [5.41, 5.74) is -0.701. The third-order valence-corrected chi connectivity index (χ3v) is 5.07. The lowest BCUT2D eigenvalue weighted by Gasteiger charge is -2.41. The summed E-state index contributed by atoms with van der Waals surface area (Å²) in [6.45, 7) is 2.80. The van der Waals surface area contributed by atoms with Crippen molar-refractivity contribution in [2.24, 2.45) is 11.3 Å². The summed E-state index contributed by atoms with van der Waals surface area (Å²) in [6.07, 6.45) is 3.09. The monoisotopic (exact) mass is 351 g/mol. The minimum Gasteiger partial charge on any atom is -0.466 e. The number of halogens is 2. The van der Waals surface area contributed by atoms with Gasteiger partial charge in [-0.2, -0.15) is 0 Å². The van der Waals surface area contributed by atoms with Crippen LogP contribution in [0.25, 0.3) is 0 Å². The highest BCUT2D eigenvalue weighted by Gasteiger charge is 2.47. The maximum atomic E-state index is 14.1. The molecule has 1 saturated carbocycles. The Bertz CT molecular complexity index is 675. The van der Waals surface area contributed by atoms with Crippen LogP contribution in [0, 0.1) is 23.0 Å². The molecule has 1 aliphatic carbocycles. The Hall–Kier alpha value is -1.98. The molecule has 1 saturated heterocycles. The van der Waals surface area contributed by atoms with Crippen molar-refractivity contribution in [3.05, 3.63) is 35.4 Å². The van der Waals surface area contributed by atoms with Gasteiger partial charge in [-0.1, -0.05) is 6.07 Å². The van der Waals surface area contributed by atoms with Crippen molar-refractivity contribution in [1.29, 1.82) is 0 Å². The van der Waals surface area contributed by atoms with Gasteiger partial charge in [0.15, 0.2) is 0 Å². The van der Waals surface area contributed by atoms with Gasteiger partial charge in [0.2, 0.25) is 5.91 Å². The second-order valence-corrected chi connectivity index (χ2v) is 7.05. The molecule has 1 heterocycles. The van der Waals surface area contributed by atoms with Crippen LogP contribution in [-0.2, 0) is 20.7 Å². The third-order valence-electron chi connectivity index (χ3n) is 5.07. The number of ether oxygens (including phenoxy) is 1. The molecule has 1 aliphatic heterocycles. The molecule has 2 aliphatic rings. The number of carbonyl (C=O) groups excluding carboxylic acids is 2. The van der Waals surface area contributed by atoms with E-state index >= 15 is 0 Å². The molecule has 0 aromatic heterocycles. The second-order valence-electron chi connectivity index (χ2n) is 7.05. The minimum absolute atomic E-state index is 0.0700. The van der Waals surface area contributed by atoms with Crippen molar-refractivity contribution in [2.75, 3.05) is 19.7 Å². The molecule has 1 aromatic rings. The highest BCUT2D eigenvalue weighted by Crippen LogP contribution is 2.39. The van der Waals surface area contributed by atoms with Gasteiger partial charge in [-0.25, -0.2) is 8.78 Å². The number of hydrogen-bond acceptors (Lipinski definition) is 3. The third kappa shape index (κ3) is 3.83. The van der Waals surface area contributed by atoms with Crippen molar-refractivity contribution < 1.29 is 23.1 Å². The number of likely N-dealkylation sites (tertiary alicyclic amines) is 1. The molecule has 0 radical (unpaired) electrons. The van der Waals surface area contributed by atoms with Crippen LogP contribution in [0.3, 0.4) is 0 Å². The van der Waals surface area contributed by atoms with Crippen molar-refractivity contribution in [1.82, 2.24) is 4.90 Å². The standard InChI is InChI=1S/C19H23F2NO3/c1-2-25-18(24)19(11-14-6-7-15(20)10-16(14)21)8-3-9-22(12-19)17(23)13-4-5-13/h6-7,10,13H,2-5,8-9,11-12H2,1H3. The van der Waals surface area contributed by atoms with E-state index in [9.17, 15) is 18.4 Å². The Morgan fingerprint density at radius 1 is 1.32 bits per heavy atom. The summed E-state index contributed by atoms with van der Waals surface area (Å²) in [7, 11) is 0. The summed E-state index contributed by atoms with van der Waals surface area (Å²) in [4.78, 5) is 26.9. The molecule has 25 heavy (non-hydrogen) atoms. The molecule has 0 N–H and O–H groups in total. The zero-order chi connectivity index (χ0) is 18.0. The van der Waals surface area contributed by atoms with E-state index in [1.807, 2.05) is 0 Å². The zero-order valence-electron chi connectivity index (χ0n) is 14.4. The Morgan fingerprint density at radius 2 is 2.08 bits per heavy atom. The van der Waals surface area contributed by atoms with Gasteiger partial charge in [0.1, 0.15) is 11.6 Å². The molecule has 0 bridgehead atoms. The lowest BCUT2D eigenvalue weighted by Crippen LogP contribution is -2.52. The van der Waals surface area contributed by atoms with Gasteiger partial charge in [0.05, 0.1) is 12.0 Å². The average Bonchev–Trinajstić information content (AvgIpc) is 3.42. The fourth-order valence-electron chi connectivity index (χ4n) is 3.61. The van der Waals surface area contributed by atoms with E-state index in [2.05, 4.69) is 0 Å². The highest BCUT2D eigenvalue weighted by molar-refractivity contribution is 5.83. The van der Waals surface area contributed by atoms with E-state index in [-0.39, 0.29) is 37.0 Å². The largest absolute Gasteiger partial charge is 0.466 e. The lowest BCUT2D eigenvalue weighted by molar-refractivity contribution is -0.161. The van der Waals surface area contributed by atoms with Crippen LogP contribution in [-0.4, -0.2) is 36.5 Å². The van der Waals surface area contributed by atoms with Crippen LogP contribution in [0.5, 0.6) is 0 Å². The summed E-state index contributed by atoms with van der Waals surface area (Å²) in [5.74, 6) is -1.59. The molecular weight excluding hydrogens is 328 g/mol. The van der Waals surface area contributed by atoms with Crippen molar-refractivity contribution in [3.63, 3.8) is 0 Å². The van der Waals surface area contributed by atoms with Crippen LogP contribution in [0.2, 0.25) is 0 Å². The van der Waals surface area contributed by atoms with Crippen LogP contribution in [0.15, 0.2) is 18.2 Å². The number of nitrogens with zero attached hydrogens (tertiary/aromatic N) is 1. The van der Waals surface area contributed by atoms with Gasteiger partial charge in [-0.05, 0) is 50.7 Å². The van der Waals surface area contributed by atoms with Gasteiger partial charge in [0.25, 0.3) is 0 Å². The second kappa shape index (κ2) is 7.10. The van der Waals surface area contributed by atoms with Crippen LogP contribution in [0.1, 0.15) is 38.2 Å². The van der Waals surface area contributed by atoms with Crippen LogP contribution < -0.4 is 0 Å². The molecule has 1 aromatic carbocycles. The molecule has 0 spiro atoms. The fourth-order valence-corrected chi connectivity index (χ4v) is 3.61.